The average molecular weight is 625 g/mol. The van der Waals surface area contributed by atoms with E-state index in [1.807, 2.05) is 6.92 Å². The minimum Gasteiger partial charge on any atom is -0.506 e. The van der Waals surface area contributed by atoms with Crippen molar-refractivity contribution in [3.8, 4) is 39.5 Å². The Labute approximate surface area is 254 Å². The van der Waals surface area contributed by atoms with Crippen LogP contribution in [-0.4, -0.2) is 69.0 Å². The van der Waals surface area contributed by atoms with Gasteiger partial charge in [0.15, 0.2) is 21.6 Å². The Hall–Kier alpha value is -4.49. The molecular formula is C31H33FN4O7S. The van der Waals surface area contributed by atoms with Crippen molar-refractivity contribution >= 4 is 15.7 Å². The minimum atomic E-state index is -4.66. The maximum Gasteiger partial charge on any atom is 0.271 e. The number of morpholine rings is 1. The Kier molecular flexibility index (Phi) is 9.16. The molecule has 0 unspecified atom stereocenters. The Morgan fingerprint density at radius 3 is 2.36 bits per heavy atom. The molecule has 1 aliphatic rings. The van der Waals surface area contributed by atoms with Gasteiger partial charge < -0.3 is 29.2 Å². The summed E-state index contributed by atoms with van der Waals surface area (Å²) in [5.41, 5.74) is 0.213. The van der Waals surface area contributed by atoms with E-state index in [0.29, 0.717) is 67.5 Å². The monoisotopic (exact) mass is 624 g/mol. The van der Waals surface area contributed by atoms with Crippen LogP contribution in [0.1, 0.15) is 25.5 Å². The first-order chi connectivity index (χ1) is 21.2. The fourth-order valence-corrected chi connectivity index (χ4v) is 6.53. The molecule has 1 saturated heterocycles. The van der Waals surface area contributed by atoms with E-state index in [4.69, 9.17) is 14.2 Å². The van der Waals surface area contributed by atoms with Gasteiger partial charge in [-0.3, -0.25) is 4.79 Å². The van der Waals surface area contributed by atoms with Gasteiger partial charge in [-0.25, -0.2) is 22.8 Å². The van der Waals surface area contributed by atoms with E-state index in [-0.39, 0.29) is 16.9 Å². The number of aromatic nitrogens is 3. The number of hydrogen-bond donors (Lipinski definition) is 2. The first-order valence-electron chi connectivity index (χ1n) is 14.1. The van der Waals surface area contributed by atoms with Crippen LogP contribution in [0.15, 0.2) is 63.5 Å². The number of ether oxygens (including phenoxy) is 3. The summed E-state index contributed by atoms with van der Waals surface area (Å²) < 4.78 is 59.6. The molecule has 44 heavy (non-hydrogen) atoms. The number of hydrogen-bond acceptors (Lipinski definition) is 10. The number of sulfone groups is 1. The largest absolute Gasteiger partial charge is 0.506 e. The highest BCUT2D eigenvalue weighted by atomic mass is 32.2. The number of nitrogens with zero attached hydrogens (tertiary/aromatic N) is 3. The van der Waals surface area contributed by atoms with E-state index >= 15 is 4.39 Å². The predicted molar refractivity (Wildman–Crippen MR) is 162 cm³/mol. The molecule has 0 bridgehead atoms. The molecule has 0 amide bonds. The van der Waals surface area contributed by atoms with Gasteiger partial charge >= 0.3 is 0 Å². The van der Waals surface area contributed by atoms with Crippen molar-refractivity contribution in [1.29, 1.82) is 0 Å². The summed E-state index contributed by atoms with van der Waals surface area (Å²) in [6.07, 6.45) is 4.48. The fourth-order valence-electron chi connectivity index (χ4n) is 5.23. The molecule has 4 heterocycles. The molecule has 0 radical (unpaired) electrons. The highest BCUT2D eigenvalue weighted by Gasteiger charge is 2.33. The number of aryl methyl sites for hydroxylation is 1. The highest BCUT2D eigenvalue weighted by Crippen LogP contribution is 2.46. The normalized spacial score (nSPS) is 13.6. The smallest absolute Gasteiger partial charge is 0.271 e. The summed E-state index contributed by atoms with van der Waals surface area (Å²) in [5, 5.41) is 11.1. The average Bonchev–Trinajstić information content (AvgIpc) is 3.04. The Morgan fingerprint density at radius 1 is 1.05 bits per heavy atom. The van der Waals surface area contributed by atoms with Crippen LogP contribution < -0.4 is 19.9 Å². The van der Waals surface area contributed by atoms with Crippen molar-refractivity contribution < 1.29 is 32.1 Å². The maximum atomic E-state index is 15.5. The van der Waals surface area contributed by atoms with Crippen LogP contribution in [0.25, 0.3) is 22.3 Å². The Morgan fingerprint density at radius 2 is 1.75 bits per heavy atom. The van der Waals surface area contributed by atoms with E-state index in [1.165, 1.54) is 44.8 Å². The third kappa shape index (κ3) is 5.72. The van der Waals surface area contributed by atoms with Gasteiger partial charge in [0.2, 0.25) is 9.84 Å². The zero-order valence-electron chi connectivity index (χ0n) is 24.6. The van der Waals surface area contributed by atoms with Crippen LogP contribution in [0.2, 0.25) is 0 Å². The van der Waals surface area contributed by atoms with Crippen LogP contribution in [0, 0.1) is 5.82 Å². The standard InChI is InChI=1S/C31H33FN4O7S/c1-4-5-7-21-25(26-22(41-2)8-6-9-23(26)42-3)28(37)29(31(38)35-21)44(39,40)24-11-10-19(18-34-24)20-12-13-33-30(27(20)32)36-14-16-43-17-15-36/h6,8-13,18H,4-5,7,14-17H2,1-3H3,(H2,35,37,38). The van der Waals surface area contributed by atoms with Gasteiger partial charge in [0.25, 0.3) is 5.56 Å². The molecule has 232 valence electrons. The lowest BCUT2D eigenvalue weighted by atomic mass is 9.98. The lowest BCUT2D eigenvalue weighted by molar-refractivity contribution is 0.122. The molecule has 5 rings (SSSR count). The minimum absolute atomic E-state index is 0.0806. The number of rotatable bonds is 10. The molecule has 1 aromatic carbocycles. The van der Waals surface area contributed by atoms with Crippen LogP contribution >= 0.6 is 0 Å². The molecule has 1 fully saturated rings. The Balaban J connectivity index is 1.60. The Bertz CT molecular complexity index is 1800. The SMILES string of the molecule is CCCCc1[nH]c(=O)c(S(=O)(=O)c2ccc(-c3ccnc(N4CCOCC4)c3F)cn2)c(O)c1-c1c(OC)cccc1OC. The summed E-state index contributed by atoms with van der Waals surface area (Å²) >= 11 is 0. The van der Waals surface area contributed by atoms with E-state index in [2.05, 4.69) is 15.0 Å². The molecule has 1 aliphatic heterocycles. The number of anilines is 1. The van der Waals surface area contributed by atoms with Gasteiger partial charge in [0, 0.05) is 42.3 Å². The molecule has 2 N–H and O–H groups in total. The molecule has 0 saturated carbocycles. The summed E-state index contributed by atoms with van der Waals surface area (Å²) in [6.45, 7) is 3.85. The molecule has 11 nitrogen and oxygen atoms in total. The van der Waals surface area contributed by atoms with Crippen molar-refractivity contribution in [2.24, 2.45) is 0 Å². The summed E-state index contributed by atoms with van der Waals surface area (Å²) in [7, 11) is -1.78. The number of aromatic hydroxyl groups is 1. The highest BCUT2D eigenvalue weighted by molar-refractivity contribution is 7.91. The molecule has 0 spiro atoms. The lowest BCUT2D eigenvalue weighted by Crippen LogP contribution is -2.37. The predicted octanol–water partition coefficient (Wildman–Crippen LogP) is 4.37. The molecular weight excluding hydrogens is 591 g/mol. The number of pyridine rings is 3. The fraction of sp³-hybridized carbons (Fsp3) is 0.323. The zero-order valence-corrected chi connectivity index (χ0v) is 25.4. The quantitative estimate of drug-likeness (QED) is 0.261. The molecule has 13 heteroatoms. The van der Waals surface area contributed by atoms with Crippen molar-refractivity contribution in [2.75, 3.05) is 45.4 Å². The molecule has 3 aromatic heterocycles. The first-order valence-corrected chi connectivity index (χ1v) is 15.6. The maximum absolute atomic E-state index is 15.5. The van der Waals surface area contributed by atoms with Crippen molar-refractivity contribution in [1.82, 2.24) is 15.0 Å². The van der Waals surface area contributed by atoms with Gasteiger partial charge in [0.1, 0.15) is 17.2 Å². The van der Waals surface area contributed by atoms with Crippen molar-refractivity contribution in [3.63, 3.8) is 0 Å². The van der Waals surface area contributed by atoms with Crippen LogP contribution in [0.5, 0.6) is 17.2 Å². The number of unbranched alkanes of at least 4 members (excludes halogenated alkanes) is 1. The topological polar surface area (TPSA) is 144 Å². The molecule has 0 aliphatic carbocycles. The van der Waals surface area contributed by atoms with E-state index in [0.717, 1.165) is 6.42 Å². The van der Waals surface area contributed by atoms with E-state index in [9.17, 15) is 18.3 Å². The van der Waals surface area contributed by atoms with E-state index < -0.39 is 36.9 Å². The lowest BCUT2D eigenvalue weighted by Gasteiger charge is -2.28. The van der Waals surface area contributed by atoms with Gasteiger partial charge in [-0.15, -0.1) is 0 Å². The zero-order chi connectivity index (χ0) is 31.4. The number of benzene rings is 1. The summed E-state index contributed by atoms with van der Waals surface area (Å²) in [5.74, 6) is -0.526. The van der Waals surface area contributed by atoms with Gasteiger partial charge in [-0.05, 0) is 43.2 Å². The molecule has 0 atom stereocenters. The second kappa shape index (κ2) is 13.0. The number of halogens is 1. The summed E-state index contributed by atoms with van der Waals surface area (Å²) in [4.78, 5) is 25.2. The van der Waals surface area contributed by atoms with Crippen molar-refractivity contribution in [2.45, 2.75) is 36.1 Å². The van der Waals surface area contributed by atoms with Crippen LogP contribution in [0.4, 0.5) is 10.2 Å². The third-order valence-electron chi connectivity index (χ3n) is 7.46. The summed E-state index contributed by atoms with van der Waals surface area (Å²) in [6, 6.07) is 9.02. The third-order valence-corrected chi connectivity index (χ3v) is 9.16. The van der Waals surface area contributed by atoms with Gasteiger partial charge in [-0.2, -0.15) is 0 Å². The molecule has 4 aromatic rings. The van der Waals surface area contributed by atoms with Crippen molar-refractivity contribution in [3.05, 3.63) is 70.7 Å². The number of nitrogens with one attached hydrogen (secondary N) is 1. The van der Waals surface area contributed by atoms with Gasteiger partial charge in [0.05, 0.1) is 38.6 Å². The van der Waals surface area contributed by atoms with Crippen LogP contribution in [0.3, 0.4) is 0 Å². The van der Waals surface area contributed by atoms with Gasteiger partial charge in [-0.1, -0.05) is 19.4 Å². The second-order valence-electron chi connectivity index (χ2n) is 10.1. The first kappa shape index (κ1) is 31.0. The number of aromatic amines is 1. The number of methoxy groups -OCH3 is 2. The number of H-pyrrole nitrogens is 1. The van der Waals surface area contributed by atoms with E-state index in [1.54, 1.807) is 23.1 Å². The van der Waals surface area contributed by atoms with Crippen LogP contribution in [-0.2, 0) is 21.0 Å². The second-order valence-corrected chi connectivity index (χ2v) is 11.9.